The quantitative estimate of drug-likeness (QED) is 0.595. The number of carbonyl (C=O) groups is 1. The smallest absolute Gasteiger partial charge is 0.341 e. The maximum Gasteiger partial charge on any atom is 0.341 e. The molecule has 0 atom stereocenters. The first-order chi connectivity index (χ1) is 11.2. The van der Waals surface area contributed by atoms with Crippen LogP contribution in [0.15, 0.2) is 54.6 Å². The molecule has 0 aromatic heterocycles. The normalized spacial score (nSPS) is 11.8. The molecule has 3 aromatic rings. The zero-order valence-electron chi connectivity index (χ0n) is 12.1. The van der Waals surface area contributed by atoms with E-state index >= 15 is 0 Å². The van der Waals surface area contributed by atoms with Gasteiger partial charge < -0.3 is 19.9 Å². The van der Waals surface area contributed by atoms with E-state index in [4.69, 9.17) is 14.6 Å². The van der Waals surface area contributed by atoms with Crippen molar-refractivity contribution >= 4 is 28.1 Å². The molecule has 0 bridgehead atoms. The van der Waals surface area contributed by atoms with Gasteiger partial charge in [-0.2, -0.15) is 0 Å². The number of ether oxygens (including phenoxy) is 2. The van der Waals surface area contributed by atoms with Gasteiger partial charge in [-0.1, -0.05) is 24.3 Å². The van der Waals surface area contributed by atoms with Crippen LogP contribution in [0.2, 0.25) is 0 Å². The average molecular weight is 307 g/mol. The standard InChI is InChI=1S/C18H13NO4/c20-17(21)10-22-12-7-5-11-6-8-16-18(13(11)9-12)19-14-3-1-2-4-15(14)23-16/h1-9,19H,10H2,(H,20,21). The monoisotopic (exact) mass is 307 g/mol. The summed E-state index contributed by atoms with van der Waals surface area (Å²) in [6.07, 6.45) is 0. The minimum atomic E-state index is -1.00. The molecule has 1 aliphatic heterocycles. The molecule has 1 heterocycles. The number of aliphatic carboxylic acids is 1. The molecule has 2 N–H and O–H groups in total. The van der Waals surface area contributed by atoms with Crippen LogP contribution in [0, 0.1) is 0 Å². The van der Waals surface area contributed by atoms with Crippen molar-refractivity contribution in [1.82, 2.24) is 0 Å². The highest BCUT2D eigenvalue weighted by Gasteiger charge is 2.18. The molecule has 0 spiro atoms. The van der Waals surface area contributed by atoms with Gasteiger partial charge in [-0.3, -0.25) is 0 Å². The van der Waals surface area contributed by atoms with E-state index < -0.39 is 5.97 Å². The second-order valence-electron chi connectivity index (χ2n) is 5.23. The lowest BCUT2D eigenvalue weighted by Crippen LogP contribution is -2.09. The van der Waals surface area contributed by atoms with Gasteiger partial charge in [0.15, 0.2) is 18.1 Å². The zero-order chi connectivity index (χ0) is 15.8. The first-order valence-electron chi connectivity index (χ1n) is 7.16. The van der Waals surface area contributed by atoms with E-state index in [1.54, 1.807) is 6.07 Å². The predicted molar refractivity (Wildman–Crippen MR) is 86.9 cm³/mol. The number of fused-ring (bicyclic) bond motifs is 4. The van der Waals surface area contributed by atoms with Crippen LogP contribution < -0.4 is 14.8 Å². The van der Waals surface area contributed by atoms with Gasteiger partial charge in [-0.15, -0.1) is 0 Å². The summed E-state index contributed by atoms with van der Waals surface area (Å²) < 4.78 is 11.2. The highest BCUT2D eigenvalue weighted by atomic mass is 16.5. The summed E-state index contributed by atoms with van der Waals surface area (Å²) in [4.78, 5) is 10.6. The fourth-order valence-corrected chi connectivity index (χ4v) is 2.64. The lowest BCUT2D eigenvalue weighted by Gasteiger charge is -2.23. The second kappa shape index (κ2) is 5.21. The van der Waals surface area contributed by atoms with Gasteiger partial charge in [-0.25, -0.2) is 4.79 Å². The number of para-hydroxylation sites is 2. The van der Waals surface area contributed by atoms with E-state index in [-0.39, 0.29) is 6.61 Å². The fraction of sp³-hybridized carbons (Fsp3) is 0.0556. The molecule has 0 saturated carbocycles. The minimum Gasteiger partial charge on any atom is -0.482 e. The van der Waals surface area contributed by atoms with Crippen molar-refractivity contribution in [2.45, 2.75) is 0 Å². The van der Waals surface area contributed by atoms with E-state index in [9.17, 15) is 4.79 Å². The first-order valence-corrected chi connectivity index (χ1v) is 7.16. The predicted octanol–water partition coefficient (Wildman–Crippen LogP) is 4.15. The Morgan fingerprint density at radius 1 is 1.09 bits per heavy atom. The third-order valence-electron chi connectivity index (χ3n) is 3.68. The van der Waals surface area contributed by atoms with Crippen molar-refractivity contribution in [3.63, 3.8) is 0 Å². The molecule has 0 amide bonds. The number of hydrogen-bond donors (Lipinski definition) is 2. The summed E-state index contributed by atoms with van der Waals surface area (Å²) in [6, 6.07) is 17.1. The van der Waals surface area contributed by atoms with E-state index in [0.29, 0.717) is 5.75 Å². The summed E-state index contributed by atoms with van der Waals surface area (Å²) in [5, 5.41) is 14.0. The molecule has 23 heavy (non-hydrogen) atoms. The summed E-state index contributed by atoms with van der Waals surface area (Å²) in [5.41, 5.74) is 1.74. The molecule has 0 aliphatic carbocycles. The van der Waals surface area contributed by atoms with E-state index in [1.807, 2.05) is 48.5 Å². The molecule has 114 valence electrons. The van der Waals surface area contributed by atoms with Gasteiger partial charge in [-0.05, 0) is 35.7 Å². The van der Waals surface area contributed by atoms with Crippen molar-refractivity contribution in [1.29, 1.82) is 0 Å². The Morgan fingerprint density at radius 2 is 1.91 bits per heavy atom. The summed E-state index contributed by atoms with van der Waals surface area (Å²) in [6.45, 7) is -0.368. The average Bonchev–Trinajstić information content (AvgIpc) is 2.58. The third kappa shape index (κ3) is 2.42. The molecular weight excluding hydrogens is 294 g/mol. The topological polar surface area (TPSA) is 67.8 Å². The van der Waals surface area contributed by atoms with Crippen LogP contribution in [0.1, 0.15) is 0 Å². The van der Waals surface area contributed by atoms with Crippen LogP contribution >= 0.6 is 0 Å². The number of anilines is 2. The van der Waals surface area contributed by atoms with Gasteiger partial charge in [0.05, 0.1) is 11.4 Å². The van der Waals surface area contributed by atoms with Crippen molar-refractivity contribution in [3.05, 3.63) is 54.6 Å². The Labute approximate surface area is 132 Å². The van der Waals surface area contributed by atoms with Crippen molar-refractivity contribution in [2.24, 2.45) is 0 Å². The SMILES string of the molecule is O=C(O)COc1ccc2ccc3c(c2c1)Nc1ccccc1O3. The number of carboxylic acids is 1. The van der Waals surface area contributed by atoms with E-state index in [1.165, 1.54) is 0 Å². The molecule has 5 nitrogen and oxygen atoms in total. The maximum absolute atomic E-state index is 10.6. The number of benzene rings is 3. The zero-order valence-corrected chi connectivity index (χ0v) is 12.1. The van der Waals surface area contributed by atoms with E-state index in [2.05, 4.69) is 5.32 Å². The second-order valence-corrected chi connectivity index (χ2v) is 5.23. The van der Waals surface area contributed by atoms with Crippen LogP contribution in [0.3, 0.4) is 0 Å². The van der Waals surface area contributed by atoms with Gasteiger partial charge in [0.2, 0.25) is 0 Å². The van der Waals surface area contributed by atoms with Crippen molar-refractivity contribution in [2.75, 3.05) is 11.9 Å². The van der Waals surface area contributed by atoms with Crippen molar-refractivity contribution < 1.29 is 19.4 Å². The number of hydrogen-bond acceptors (Lipinski definition) is 4. The Hall–Kier alpha value is -3.21. The van der Waals surface area contributed by atoms with Crippen LogP contribution in [-0.4, -0.2) is 17.7 Å². The fourth-order valence-electron chi connectivity index (χ4n) is 2.64. The Balaban J connectivity index is 1.79. The molecule has 0 unspecified atom stereocenters. The first kappa shape index (κ1) is 13.5. The summed E-state index contributed by atoms with van der Waals surface area (Å²) in [5.74, 6) is 1.01. The van der Waals surface area contributed by atoms with E-state index in [0.717, 1.165) is 33.6 Å². The van der Waals surface area contributed by atoms with Crippen LogP contribution in [0.4, 0.5) is 11.4 Å². The number of carboxylic acid groups (broad SMARTS) is 1. The Morgan fingerprint density at radius 3 is 2.78 bits per heavy atom. The molecule has 5 heteroatoms. The van der Waals surface area contributed by atoms with Crippen molar-refractivity contribution in [3.8, 4) is 17.2 Å². The molecule has 0 radical (unpaired) electrons. The molecule has 1 aliphatic rings. The highest BCUT2D eigenvalue weighted by molar-refractivity contribution is 6.00. The minimum absolute atomic E-state index is 0.368. The molecular formula is C18H13NO4. The molecule has 0 saturated heterocycles. The molecule has 4 rings (SSSR count). The van der Waals surface area contributed by atoms with Gasteiger partial charge in [0.25, 0.3) is 0 Å². The van der Waals surface area contributed by atoms with Gasteiger partial charge in [0.1, 0.15) is 5.75 Å². The van der Waals surface area contributed by atoms with Crippen LogP contribution in [0.25, 0.3) is 10.8 Å². The third-order valence-corrected chi connectivity index (χ3v) is 3.68. The highest BCUT2D eigenvalue weighted by Crippen LogP contribution is 2.45. The maximum atomic E-state index is 10.6. The lowest BCUT2D eigenvalue weighted by molar-refractivity contribution is -0.139. The van der Waals surface area contributed by atoms with Gasteiger partial charge in [0, 0.05) is 5.39 Å². The Bertz CT molecular complexity index is 920. The van der Waals surface area contributed by atoms with Crippen LogP contribution in [0.5, 0.6) is 17.2 Å². The number of rotatable bonds is 3. The Kier molecular flexibility index (Phi) is 3.05. The molecule has 0 fully saturated rings. The van der Waals surface area contributed by atoms with Crippen LogP contribution in [-0.2, 0) is 4.79 Å². The summed E-state index contributed by atoms with van der Waals surface area (Å²) in [7, 11) is 0. The van der Waals surface area contributed by atoms with Gasteiger partial charge >= 0.3 is 5.97 Å². The largest absolute Gasteiger partial charge is 0.482 e. The molecule has 3 aromatic carbocycles. The number of nitrogens with one attached hydrogen (secondary N) is 1. The lowest BCUT2D eigenvalue weighted by atomic mass is 10.1. The summed E-state index contributed by atoms with van der Waals surface area (Å²) >= 11 is 0.